The van der Waals surface area contributed by atoms with Crippen LogP contribution in [0.5, 0.6) is 0 Å². The van der Waals surface area contributed by atoms with Gasteiger partial charge in [0, 0.05) is 0 Å². The Morgan fingerprint density at radius 2 is 0.850 bits per heavy atom. The molecule has 0 amide bonds. The van der Waals surface area contributed by atoms with Gasteiger partial charge in [-0.25, -0.2) is 0 Å². The third-order valence-electron chi connectivity index (χ3n) is 8.80. The van der Waals surface area contributed by atoms with Crippen molar-refractivity contribution in [3.8, 4) is 0 Å². The summed E-state index contributed by atoms with van der Waals surface area (Å²) in [5.74, 6) is -9.33. The van der Waals surface area contributed by atoms with E-state index in [9.17, 15) is 49.2 Å². The highest BCUT2D eigenvalue weighted by molar-refractivity contribution is 5.83. The van der Waals surface area contributed by atoms with E-state index in [1.165, 1.54) is 0 Å². The number of esters is 2. The molecule has 0 radical (unpaired) electrons. The third kappa shape index (κ3) is 8.66. The van der Waals surface area contributed by atoms with Gasteiger partial charge in [-0.1, -0.05) is 0 Å². The van der Waals surface area contributed by atoms with E-state index in [1.807, 2.05) is 0 Å². The van der Waals surface area contributed by atoms with Crippen LogP contribution in [0.1, 0.15) is 90.9 Å². The lowest BCUT2D eigenvalue weighted by atomic mass is 9.82. The van der Waals surface area contributed by atoms with Crippen molar-refractivity contribution in [3.63, 3.8) is 0 Å². The highest BCUT2D eigenvalue weighted by Crippen LogP contribution is 2.41. The number of carbonyl (C=O) groups is 6. The first kappa shape index (κ1) is 33.0. The number of aliphatic carboxylic acids is 4. The van der Waals surface area contributed by atoms with Crippen molar-refractivity contribution >= 4 is 35.8 Å². The van der Waals surface area contributed by atoms with Crippen LogP contribution in [0.3, 0.4) is 0 Å². The number of ether oxygens (including phenoxy) is 2. The lowest BCUT2D eigenvalue weighted by molar-refractivity contribution is -0.158. The van der Waals surface area contributed by atoms with E-state index in [0.717, 1.165) is 0 Å². The van der Waals surface area contributed by atoms with Crippen LogP contribution in [0.25, 0.3) is 0 Å². The Labute approximate surface area is 233 Å². The third-order valence-corrected chi connectivity index (χ3v) is 8.80. The lowest BCUT2D eigenvalue weighted by Crippen LogP contribution is -2.30. The highest BCUT2D eigenvalue weighted by Gasteiger charge is 2.45. The molecule has 2 aliphatic rings. The smallest absolute Gasteiger partial charge is 0.309 e. The Hall–Kier alpha value is -3.18. The van der Waals surface area contributed by atoms with Gasteiger partial charge in [-0.2, -0.15) is 0 Å². The molecular weight excluding hydrogens is 528 g/mol. The molecule has 0 aromatic carbocycles. The van der Waals surface area contributed by atoms with Crippen LogP contribution < -0.4 is 0 Å². The van der Waals surface area contributed by atoms with Gasteiger partial charge in [-0.15, -0.1) is 0 Å². The minimum Gasteiger partial charge on any atom is -0.481 e. The quantitative estimate of drug-likeness (QED) is 0.143. The number of hydrogen-bond acceptors (Lipinski definition) is 8. The fraction of sp³-hybridized carbons (Fsp3) is 0.786. The van der Waals surface area contributed by atoms with Crippen molar-refractivity contribution in [3.05, 3.63) is 0 Å². The van der Waals surface area contributed by atoms with Crippen molar-refractivity contribution in [1.29, 1.82) is 0 Å². The summed E-state index contributed by atoms with van der Waals surface area (Å²) < 4.78 is 10.6. The standard InChI is InChI=1S/C28H42O12/c1-27(25(35)36)11-7-17(21(29)30)19(9-13-27)23(33)39-15-5-3-4-6-16-40-24(34)20-10-14-28(2,26(37)38)12-8-18(20)22(31)32/h17-20H,3-16H2,1-2H3,(H,29,30)(H,31,32)(H,35,36)(H,37,38)/t17-,18-,19+,20+,27?,28?/m0/s1. The Balaban J connectivity index is 1.72. The van der Waals surface area contributed by atoms with Crippen LogP contribution in [0.4, 0.5) is 0 Å². The summed E-state index contributed by atoms with van der Waals surface area (Å²) in [4.78, 5) is 71.8. The molecule has 0 saturated heterocycles. The van der Waals surface area contributed by atoms with Crippen molar-refractivity contribution in [2.75, 3.05) is 13.2 Å². The minimum absolute atomic E-state index is 0.0857. The van der Waals surface area contributed by atoms with Crippen LogP contribution in [0.2, 0.25) is 0 Å². The molecule has 2 rings (SSSR count). The Morgan fingerprint density at radius 3 is 1.12 bits per heavy atom. The Bertz CT molecular complexity index is 885. The molecule has 0 heterocycles. The molecule has 0 bridgehead atoms. The van der Waals surface area contributed by atoms with Crippen LogP contribution in [-0.4, -0.2) is 69.5 Å². The van der Waals surface area contributed by atoms with E-state index in [0.29, 0.717) is 25.7 Å². The van der Waals surface area contributed by atoms with Crippen molar-refractivity contribution in [1.82, 2.24) is 0 Å². The van der Waals surface area contributed by atoms with Gasteiger partial charge >= 0.3 is 35.8 Å². The summed E-state index contributed by atoms with van der Waals surface area (Å²) in [5, 5.41) is 38.1. The molecule has 2 unspecified atom stereocenters. The van der Waals surface area contributed by atoms with Crippen LogP contribution in [-0.2, 0) is 38.2 Å². The van der Waals surface area contributed by atoms with Gasteiger partial charge in [0.25, 0.3) is 0 Å². The van der Waals surface area contributed by atoms with Crippen LogP contribution in [0.15, 0.2) is 0 Å². The van der Waals surface area contributed by atoms with E-state index < -0.39 is 70.3 Å². The monoisotopic (exact) mass is 570 g/mol. The summed E-state index contributed by atoms with van der Waals surface area (Å²) in [6.07, 6.45) is 3.47. The van der Waals surface area contributed by atoms with Gasteiger partial charge in [0.1, 0.15) is 0 Å². The Kier molecular flexibility index (Phi) is 11.9. The molecule has 40 heavy (non-hydrogen) atoms. The number of hydrogen-bond donors (Lipinski definition) is 4. The summed E-state index contributed by atoms with van der Waals surface area (Å²) in [6, 6.07) is 0. The van der Waals surface area contributed by atoms with Crippen LogP contribution >= 0.6 is 0 Å². The van der Waals surface area contributed by atoms with E-state index in [-0.39, 0.29) is 64.6 Å². The molecule has 0 aromatic rings. The molecule has 4 N–H and O–H groups in total. The maximum Gasteiger partial charge on any atom is 0.309 e. The molecule has 2 aliphatic carbocycles. The number of carbonyl (C=O) groups excluding carboxylic acids is 2. The predicted octanol–water partition coefficient (Wildman–Crippen LogP) is 3.60. The zero-order chi connectivity index (χ0) is 30.1. The van der Waals surface area contributed by atoms with Gasteiger partial charge < -0.3 is 29.9 Å². The first-order valence-corrected chi connectivity index (χ1v) is 14.0. The summed E-state index contributed by atoms with van der Waals surface area (Å²) in [7, 11) is 0. The fourth-order valence-electron chi connectivity index (χ4n) is 5.65. The second-order valence-electron chi connectivity index (χ2n) is 11.7. The molecule has 226 valence electrons. The van der Waals surface area contributed by atoms with Crippen LogP contribution in [0, 0.1) is 34.5 Å². The summed E-state index contributed by atoms with van der Waals surface area (Å²) in [6.45, 7) is 3.30. The van der Waals surface area contributed by atoms with Gasteiger partial charge in [0.05, 0.1) is 47.7 Å². The molecule has 0 aromatic heterocycles. The SMILES string of the molecule is CC1(C(=O)O)CC[C@H](C(=O)O)[C@H](C(=O)OCCCCCCOC(=O)[C@@H]2CCC(C)(C(=O)O)CC[C@@H]2C(=O)O)CC1. The average molecular weight is 571 g/mol. The molecule has 0 aliphatic heterocycles. The molecule has 12 heteroatoms. The van der Waals surface area contributed by atoms with E-state index in [1.54, 1.807) is 13.8 Å². The fourth-order valence-corrected chi connectivity index (χ4v) is 5.65. The molecule has 12 nitrogen and oxygen atoms in total. The second kappa shape index (κ2) is 14.5. The predicted molar refractivity (Wildman–Crippen MR) is 138 cm³/mol. The van der Waals surface area contributed by atoms with Gasteiger partial charge in [-0.3, -0.25) is 28.8 Å². The topological polar surface area (TPSA) is 202 Å². The van der Waals surface area contributed by atoms with E-state index in [2.05, 4.69) is 0 Å². The first-order chi connectivity index (χ1) is 18.7. The van der Waals surface area contributed by atoms with E-state index in [4.69, 9.17) is 9.47 Å². The average Bonchev–Trinajstić information content (AvgIpc) is 3.18. The van der Waals surface area contributed by atoms with Gasteiger partial charge in [-0.05, 0) is 90.9 Å². The molecule has 6 atom stereocenters. The molecular formula is C28H42O12. The van der Waals surface area contributed by atoms with Gasteiger partial charge in [0.15, 0.2) is 0 Å². The zero-order valence-electron chi connectivity index (χ0n) is 23.3. The number of carboxylic acid groups (broad SMARTS) is 4. The maximum atomic E-state index is 12.6. The largest absolute Gasteiger partial charge is 0.481 e. The van der Waals surface area contributed by atoms with Crippen molar-refractivity contribution < 1.29 is 58.7 Å². The molecule has 0 spiro atoms. The second-order valence-corrected chi connectivity index (χ2v) is 11.7. The zero-order valence-corrected chi connectivity index (χ0v) is 23.3. The Morgan fingerprint density at radius 1 is 0.550 bits per heavy atom. The molecule has 2 saturated carbocycles. The maximum absolute atomic E-state index is 12.6. The number of unbranched alkanes of at least 4 members (excludes halogenated alkanes) is 3. The normalized spacial score (nSPS) is 30.8. The highest BCUT2D eigenvalue weighted by atomic mass is 16.5. The minimum atomic E-state index is -1.14. The summed E-state index contributed by atoms with van der Waals surface area (Å²) >= 11 is 0. The summed E-state index contributed by atoms with van der Waals surface area (Å²) in [5.41, 5.74) is -2.15. The lowest BCUT2D eigenvalue weighted by Gasteiger charge is -2.22. The first-order valence-electron chi connectivity index (χ1n) is 14.0. The van der Waals surface area contributed by atoms with Crippen molar-refractivity contribution in [2.24, 2.45) is 34.5 Å². The number of carboxylic acids is 4. The van der Waals surface area contributed by atoms with Crippen molar-refractivity contribution in [2.45, 2.75) is 90.9 Å². The van der Waals surface area contributed by atoms with E-state index >= 15 is 0 Å². The number of rotatable bonds is 13. The molecule has 2 fully saturated rings. The van der Waals surface area contributed by atoms with Gasteiger partial charge in [0.2, 0.25) is 0 Å².